The summed E-state index contributed by atoms with van der Waals surface area (Å²) in [6.07, 6.45) is 0. The third kappa shape index (κ3) is 13.0. The van der Waals surface area contributed by atoms with E-state index in [9.17, 15) is 26.4 Å². The van der Waals surface area contributed by atoms with Gasteiger partial charge < -0.3 is 29.2 Å². The first kappa shape index (κ1) is 44.6. The van der Waals surface area contributed by atoms with Gasteiger partial charge in [-0.05, 0) is 103 Å². The molecule has 0 radical (unpaired) electrons. The number of nitrogens with one attached hydrogen (secondary N) is 2. The van der Waals surface area contributed by atoms with Crippen LogP contribution in [0.2, 0.25) is 10.0 Å². The summed E-state index contributed by atoms with van der Waals surface area (Å²) < 4.78 is 76.6. The normalized spacial score (nSPS) is 11.0. The van der Waals surface area contributed by atoms with Crippen LogP contribution in [0.3, 0.4) is 0 Å². The van der Waals surface area contributed by atoms with Crippen molar-refractivity contribution in [3.05, 3.63) is 167 Å². The van der Waals surface area contributed by atoms with Crippen molar-refractivity contribution in [1.82, 2.24) is 0 Å². The van der Waals surface area contributed by atoms with Gasteiger partial charge in [0.15, 0.2) is 0 Å². The largest absolute Gasteiger partial charge is 0.490 e. The van der Waals surface area contributed by atoms with Crippen molar-refractivity contribution >= 4 is 66.6 Å². The molecule has 6 rings (SSSR count). The first-order chi connectivity index (χ1) is 28.7. The second-order valence-electron chi connectivity index (χ2n) is 12.1. The third-order valence-electron chi connectivity index (χ3n) is 7.90. The summed E-state index contributed by atoms with van der Waals surface area (Å²) >= 11 is 11.8. The SMILES string of the molecule is O=C(O)c1ccccc1OCCOc1ccc(NS(=O)(=O)c2cc(Cl)ccc2Cl)cc1.O=C(O)c1ccccc1OCCOc1ccc(NS(=O)(=O)c2ccccc2)cc1. The highest BCUT2D eigenvalue weighted by atomic mass is 35.5. The Bertz CT molecular complexity index is 2620. The summed E-state index contributed by atoms with van der Waals surface area (Å²) in [5, 5.41) is 18.6. The van der Waals surface area contributed by atoms with E-state index in [0.717, 1.165) is 0 Å². The van der Waals surface area contributed by atoms with E-state index in [4.69, 9.17) is 52.4 Å². The number of benzene rings is 6. The van der Waals surface area contributed by atoms with E-state index < -0.39 is 32.0 Å². The maximum Gasteiger partial charge on any atom is 0.339 e. The van der Waals surface area contributed by atoms with Crippen molar-refractivity contribution in [2.75, 3.05) is 35.9 Å². The number of para-hydroxylation sites is 2. The third-order valence-corrected chi connectivity index (χ3v) is 11.4. The van der Waals surface area contributed by atoms with E-state index in [1.165, 1.54) is 54.6 Å². The smallest absolute Gasteiger partial charge is 0.339 e. The predicted octanol–water partition coefficient (Wildman–Crippen LogP) is 8.59. The fraction of sp³-hybridized carbons (Fsp3) is 0.0952. The van der Waals surface area contributed by atoms with Crippen molar-refractivity contribution in [2.24, 2.45) is 0 Å². The number of carboxylic acid groups (broad SMARTS) is 2. The van der Waals surface area contributed by atoms with Gasteiger partial charge in [-0.3, -0.25) is 9.44 Å². The quantitative estimate of drug-likeness (QED) is 0.0599. The minimum atomic E-state index is -3.92. The average molecular weight is 896 g/mol. The predicted molar refractivity (Wildman–Crippen MR) is 226 cm³/mol. The molecule has 0 aliphatic carbocycles. The zero-order valence-electron chi connectivity index (χ0n) is 31.2. The van der Waals surface area contributed by atoms with Gasteiger partial charge in [-0.1, -0.05) is 65.7 Å². The summed E-state index contributed by atoms with van der Waals surface area (Å²) in [6, 6.07) is 37.6. The van der Waals surface area contributed by atoms with E-state index in [1.807, 2.05) is 0 Å². The molecular weight excluding hydrogens is 860 g/mol. The molecule has 0 atom stereocenters. The van der Waals surface area contributed by atoms with Gasteiger partial charge in [0.05, 0.1) is 9.92 Å². The van der Waals surface area contributed by atoms with E-state index >= 15 is 0 Å². The first-order valence-corrected chi connectivity index (χ1v) is 21.4. The lowest BCUT2D eigenvalue weighted by atomic mass is 10.2. The topological polar surface area (TPSA) is 204 Å². The number of hydrogen-bond acceptors (Lipinski definition) is 10. The van der Waals surface area contributed by atoms with Gasteiger partial charge in [0.1, 0.15) is 65.4 Å². The van der Waals surface area contributed by atoms with Gasteiger partial charge in [-0.15, -0.1) is 0 Å². The van der Waals surface area contributed by atoms with Gasteiger partial charge in [0, 0.05) is 16.4 Å². The van der Waals surface area contributed by atoms with Gasteiger partial charge in [-0.25, -0.2) is 26.4 Å². The Hall–Kier alpha value is -6.46. The Morgan fingerprint density at radius 3 is 1.38 bits per heavy atom. The van der Waals surface area contributed by atoms with E-state index in [-0.39, 0.29) is 68.9 Å². The molecule has 0 aliphatic heterocycles. The number of ether oxygens (including phenoxy) is 4. The van der Waals surface area contributed by atoms with Crippen molar-refractivity contribution in [3.8, 4) is 23.0 Å². The standard InChI is InChI=1S/C21H17Cl2NO6S.C21H19NO6S/c22-14-5-10-18(23)20(13-14)31(27,28)24-15-6-8-16(9-7-15)29-11-12-30-19-4-2-1-3-17(19)21(25)26;23-21(24)19-8-4-5-9-20(19)28-15-14-27-17-12-10-16(11-13-17)22-29(25,26)18-6-2-1-3-7-18/h1-10,13,24H,11-12H2,(H,25,26);1-13,22H,14-15H2,(H,23,24). The molecule has 14 nitrogen and oxygen atoms in total. The van der Waals surface area contributed by atoms with E-state index in [0.29, 0.717) is 22.9 Å². The highest BCUT2D eigenvalue weighted by Gasteiger charge is 2.19. The van der Waals surface area contributed by atoms with Crippen LogP contribution in [0.4, 0.5) is 11.4 Å². The maximum atomic E-state index is 12.5. The maximum absolute atomic E-state index is 12.5. The van der Waals surface area contributed by atoms with E-state index in [1.54, 1.807) is 91.0 Å². The van der Waals surface area contributed by atoms with Crippen LogP contribution < -0.4 is 28.4 Å². The minimum absolute atomic E-state index is 0.0568. The number of carboxylic acids is 2. The molecule has 0 aliphatic rings. The molecule has 0 amide bonds. The first-order valence-electron chi connectivity index (χ1n) is 17.6. The number of aromatic carboxylic acids is 2. The average Bonchev–Trinajstić information content (AvgIpc) is 3.23. The number of carbonyl (C=O) groups is 2. The monoisotopic (exact) mass is 894 g/mol. The van der Waals surface area contributed by atoms with Gasteiger partial charge in [0.2, 0.25) is 0 Å². The van der Waals surface area contributed by atoms with Crippen molar-refractivity contribution in [1.29, 1.82) is 0 Å². The fourth-order valence-corrected chi connectivity index (χ4v) is 8.01. The molecule has 0 spiro atoms. The Morgan fingerprint density at radius 2 is 0.917 bits per heavy atom. The number of anilines is 2. The summed E-state index contributed by atoms with van der Waals surface area (Å²) in [5.74, 6) is -0.595. The van der Waals surface area contributed by atoms with Crippen molar-refractivity contribution in [3.63, 3.8) is 0 Å². The molecule has 312 valence electrons. The Kier molecular flexibility index (Phi) is 15.6. The molecule has 60 heavy (non-hydrogen) atoms. The molecular formula is C42H36Cl2N2O12S2. The van der Waals surface area contributed by atoms with Gasteiger partial charge >= 0.3 is 11.9 Å². The molecule has 6 aromatic carbocycles. The fourth-order valence-electron chi connectivity index (χ4n) is 5.11. The molecule has 0 fully saturated rings. The van der Waals surface area contributed by atoms with Crippen LogP contribution in [0.5, 0.6) is 23.0 Å². The molecule has 0 bridgehead atoms. The van der Waals surface area contributed by atoms with Crippen LogP contribution in [0, 0.1) is 0 Å². The molecule has 0 saturated carbocycles. The van der Waals surface area contributed by atoms with Crippen LogP contribution in [-0.2, 0) is 20.0 Å². The van der Waals surface area contributed by atoms with Crippen molar-refractivity contribution in [2.45, 2.75) is 9.79 Å². The van der Waals surface area contributed by atoms with Crippen LogP contribution in [0.25, 0.3) is 0 Å². The summed E-state index contributed by atoms with van der Waals surface area (Å²) in [7, 11) is -7.56. The zero-order chi connectivity index (χ0) is 43.1. The summed E-state index contributed by atoms with van der Waals surface area (Å²) in [6.45, 7) is 0.652. The molecule has 6 aromatic rings. The lowest BCUT2D eigenvalue weighted by Gasteiger charge is -2.12. The van der Waals surface area contributed by atoms with Crippen LogP contribution in [0.1, 0.15) is 20.7 Å². The van der Waals surface area contributed by atoms with Crippen molar-refractivity contribution < 1.29 is 55.6 Å². The van der Waals surface area contributed by atoms with Crippen LogP contribution >= 0.6 is 23.2 Å². The number of sulfonamides is 2. The zero-order valence-corrected chi connectivity index (χ0v) is 34.4. The Morgan fingerprint density at radius 1 is 0.500 bits per heavy atom. The Balaban J connectivity index is 0.000000228. The molecule has 0 unspecified atom stereocenters. The molecule has 18 heteroatoms. The molecule has 4 N–H and O–H groups in total. The summed E-state index contributed by atoms with van der Waals surface area (Å²) in [4.78, 5) is 22.4. The highest BCUT2D eigenvalue weighted by Crippen LogP contribution is 2.28. The van der Waals surface area contributed by atoms with Gasteiger partial charge in [0.25, 0.3) is 20.0 Å². The number of halogens is 2. The highest BCUT2D eigenvalue weighted by molar-refractivity contribution is 7.93. The second-order valence-corrected chi connectivity index (χ2v) is 16.3. The van der Waals surface area contributed by atoms with Crippen LogP contribution in [0.15, 0.2) is 155 Å². The van der Waals surface area contributed by atoms with Crippen LogP contribution in [-0.4, -0.2) is 65.4 Å². The summed E-state index contributed by atoms with van der Waals surface area (Å²) in [5.41, 5.74) is 0.879. The molecule has 0 saturated heterocycles. The minimum Gasteiger partial charge on any atom is -0.490 e. The van der Waals surface area contributed by atoms with Gasteiger partial charge in [-0.2, -0.15) is 0 Å². The molecule has 0 heterocycles. The lowest BCUT2D eigenvalue weighted by Crippen LogP contribution is -2.13. The molecule has 0 aromatic heterocycles. The second kappa shape index (κ2) is 21.0. The lowest BCUT2D eigenvalue weighted by molar-refractivity contribution is 0.0680. The number of hydrogen-bond donors (Lipinski definition) is 4. The number of rotatable bonds is 18. The van der Waals surface area contributed by atoms with E-state index in [2.05, 4.69) is 9.44 Å². The Labute approximate surface area is 356 Å².